The van der Waals surface area contributed by atoms with E-state index in [1.807, 2.05) is 11.9 Å². The normalized spacial score (nSPS) is 15.0. The van der Waals surface area contributed by atoms with Gasteiger partial charge in [0.25, 0.3) is 0 Å². The van der Waals surface area contributed by atoms with E-state index < -0.39 is 0 Å². The SMILES string of the molecule is CC(CCO)N(CCCO)NC(CN)CCCO. The fraction of sp³-hybridized carbons (Fsp3) is 1.00. The van der Waals surface area contributed by atoms with E-state index in [4.69, 9.17) is 21.1 Å². The highest BCUT2D eigenvalue weighted by Crippen LogP contribution is 2.05. The van der Waals surface area contributed by atoms with Crippen molar-refractivity contribution >= 4 is 0 Å². The summed E-state index contributed by atoms with van der Waals surface area (Å²) in [6, 6.07) is 0.307. The van der Waals surface area contributed by atoms with Crippen molar-refractivity contribution in [1.82, 2.24) is 10.4 Å². The Hall–Kier alpha value is -0.240. The Kier molecular flexibility index (Phi) is 11.7. The van der Waals surface area contributed by atoms with Crippen LogP contribution in [0.4, 0.5) is 0 Å². The van der Waals surface area contributed by atoms with Gasteiger partial charge in [0.2, 0.25) is 0 Å². The van der Waals surface area contributed by atoms with Gasteiger partial charge in [0.05, 0.1) is 0 Å². The lowest BCUT2D eigenvalue weighted by Gasteiger charge is -2.33. The van der Waals surface area contributed by atoms with Gasteiger partial charge in [-0.1, -0.05) is 0 Å². The molecule has 0 aliphatic heterocycles. The van der Waals surface area contributed by atoms with Gasteiger partial charge >= 0.3 is 0 Å². The highest BCUT2D eigenvalue weighted by molar-refractivity contribution is 4.71. The fourth-order valence-electron chi connectivity index (χ4n) is 1.80. The van der Waals surface area contributed by atoms with Gasteiger partial charge < -0.3 is 21.1 Å². The number of hydrazine groups is 1. The summed E-state index contributed by atoms with van der Waals surface area (Å²) in [5.41, 5.74) is 9.03. The third-order valence-electron chi connectivity index (χ3n) is 2.98. The summed E-state index contributed by atoms with van der Waals surface area (Å²) in [5, 5.41) is 28.7. The number of nitrogens with zero attached hydrogens (tertiary/aromatic N) is 1. The molecule has 0 saturated heterocycles. The van der Waals surface area contributed by atoms with Gasteiger partial charge in [0.1, 0.15) is 0 Å². The van der Waals surface area contributed by atoms with Crippen molar-refractivity contribution in [1.29, 1.82) is 0 Å². The molecule has 0 rings (SSSR count). The first-order valence-electron chi connectivity index (χ1n) is 6.75. The molecule has 0 aliphatic carbocycles. The summed E-state index contributed by atoms with van der Waals surface area (Å²) in [6.45, 7) is 3.70. The summed E-state index contributed by atoms with van der Waals surface area (Å²) >= 11 is 0. The van der Waals surface area contributed by atoms with Crippen molar-refractivity contribution in [2.45, 2.75) is 44.7 Å². The van der Waals surface area contributed by atoms with Gasteiger partial charge in [-0.2, -0.15) is 0 Å². The molecule has 6 nitrogen and oxygen atoms in total. The Labute approximate surface area is 110 Å². The first kappa shape index (κ1) is 17.8. The zero-order valence-electron chi connectivity index (χ0n) is 11.4. The first-order valence-corrected chi connectivity index (χ1v) is 6.75. The van der Waals surface area contributed by atoms with Crippen LogP contribution in [-0.4, -0.2) is 65.3 Å². The van der Waals surface area contributed by atoms with Crippen molar-refractivity contribution < 1.29 is 15.3 Å². The predicted molar refractivity (Wildman–Crippen MR) is 71.9 cm³/mol. The predicted octanol–water partition coefficient (Wildman–Crippen LogP) is -0.954. The monoisotopic (exact) mass is 263 g/mol. The largest absolute Gasteiger partial charge is 0.396 e. The van der Waals surface area contributed by atoms with Gasteiger partial charge in [0, 0.05) is 45.0 Å². The van der Waals surface area contributed by atoms with Crippen molar-refractivity contribution in [3.8, 4) is 0 Å². The van der Waals surface area contributed by atoms with Gasteiger partial charge in [-0.25, -0.2) is 5.01 Å². The lowest BCUT2D eigenvalue weighted by Crippen LogP contribution is -2.52. The molecule has 0 aromatic carbocycles. The number of hydrogen-bond donors (Lipinski definition) is 5. The van der Waals surface area contributed by atoms with Gasteiger partial charge in [-0.15, -0.1) is 0 Å². The van der Waals surface area contributed by atoms with E-state index >= 15 is 0 Å². The topological polar surface area (TPSA) is 102 Å². The molecule has 6 heteroatoms. The van der Waals surface area contributed by atoms with E-state index in [2.05, 4.69) is 5.43 Å². The summed E-state index contributed by atoms with van der Waals surface area (Å²) in [4.78, 5) is 0. The number of nitrogens with one attached hydrogen (secondary N) is 1. The molecule has 2 atom stereocenters. The van der Waals surface area contributed by atoms with Gasteiger partial charge in [-0.3, -0.25) is 5.43 Å². The molecule has 0 aliphatic rings. The molecule has 0 saturated carbocycles. The maximum atomic E-state index is 8.98. The van der Waals surface area contributed by atoms with Crippen LogP contribution in [-0.2, 0) is 0 Å². The quantitative estimate of drug-likeness (QED) is 0.291. The minimum Gasteiger partial charge on any atom is -0.396 e. The van der Waals surface area contributed by atoms with Crippen molar-refractivity contribution in [2.75, 3.05) is 32.9 Å². The zero-order chi connectivity index (χ0) is 13.8. The number of aliphatic hydroxyl groups excluding tert-OH is 3. The maximum Gasteiger partial charge on any atom is 0.0446 e. The molecule has 0 spiro atoms. The van der Waals surface area contributed by atoms with E-state index in [0.29, 0.717) is 25.9 Å². The van der Waals surface area contributed by atoms with Crippen LogP contribution in [0.1, 0.15) is 32.6 Å². The molecule has 2 unspecified atom stereocenters. The summed E-state index contributed by atoms with van der Waals surface area (Å²) in [6.07, 6.45) is 2.89. The average molecular weight is 263 g/mol. The fourth-order valence-corrected chi connectivity index (χ4v) is 1.80. The summed E-state index contributed by atoms with van der Waals surface area (Å²) in [5.74, 6) is 0. The smallest absolute Gasteiger partial charge is 0.0446 e. The van der Waals surface area contributed by atoms with Crippen LogP contribution < -0.4 is 11.2 Å². The average Bonchev–Trinajstić information content (AvgIpc) is 2.38. The maximum absolute atomic E-state index is 8.98. The lowest BCUT2D eigenvalue weighted by atomic mass is 10.1. The standard InChI is InChI=1S/C12H29N3O3/c1-11(5-9-18)15(6-3-8-17)14-12(10-13)4-2-7-16/h11-12,14,16-18H,2-10,13H2,1H3. The van der Waals surface area contributed by atoms with Crippen molar-refractivity contribution in [3.63, 3.8) is 0 Å². The molecule has 0 amide bonds. The van der Waals surface area contributed by atoms with E-state index in [1.54, 1.807) is 0 Å². The molecule has 0 heterocycles. The number of aliphatic hydroxyl groups is 3. The molecule has 6 N–H and O–H groups in total. The second-order valence-corrected chi connectivity index (χ2v) is 4.56. The van der Waals surface area contributed by atoms with Crippen molar-refractivity contribution in [3.05, 3.63) is 0 Å². The van der Waals surface area contributed by atoms with E-state index in [0.717, 1.165) is 12.8 Å². The first-order chi connectivity index (χ1) is 8.69. The van der Waals surface area contributed by atoms with Crippen LogP contribution in [0.2, 0.25) is 0 Å². The van der Waals surface area contributed by atoms with Crippen LogP contribution in [0, 0.1) is 0 Å². The Morgan fingerprint density at radius 3 is 2.22 bits per heavy atom. The Morgan fingerprint density at radius 2 is 1.72 bits per heavy atom. The van der Waals surface area contributed by atoms with Crippen LogP contribution in [0.15, 0.2) is 0 Å². The number of rotatable bonds is 12. The lowest BCUT2D eigenvalue weighted by molar-refractivity contribution is 0.0794. The molecule has 0 aromatic rings. The molecule has 0 aromatic heterocycles. The van der Waals surface area contributed by atoms with Crippen LogP contribution >= 0.6 is 0 Å². The molecule has 110 valence electrons. The van der Waals surface area contributed by atoms with Crippen molar-refractivity contribution in [2.24, 2.45) is 5.73 Å². The van der Waals surface area contributed by atoms with Gasteiger partial charge in [0.15, 0.2) is 0 Å². The third kappa shape index (κ3) is 7.97. The second-order valence-electron chi connectivity index (χ2n) is 4.56. The molecular weight excluding hydrogens is 234 g/mol. The Bertz CT molecular complexity index is 184. The minimum absolute atomic E-state index is 0.122. The number of hydrogen-bond acceptors (Lipinski definition) is 6. The summed E-state index contributed by atoms with van der Waals surface area (Å²) in [7, 11) is 0. The van der Waals surface area contributed by atoms with Crippen LogP contribution in [0.3, 0.4) is 0 Å². The Morgan fingerprint density at radius 1 is 1.06 bits per heavy atom. The molecular formula is C12H29N3O3. The van der Waals surface area contributed by atoms with E-state index in [1.165, 1.54) is 0 Å². The molecule has 0 fully saturated rings. The highest BCUT2D eigenvalue weighted by Gasteiger charge is 2.16. The van der Waals surface area contributed by atoms with Crippen LogP contribution in [0.25, 0.3) is 0 Å². The van der Waals surface area contributed by atoms with E-state index in [-0.39, 0.29) is 31.9 Å². The summed E-state index contributed by atoms with van der Waals surface area (Å²) < 4.78 is 0. The molecule has 0 bridgehead atoms. The number of nitrogens with two attached hydrogens (primary N) is 1. The van der Waals surface area contributed by atoms with Crippen LogP contribution in [0.5, 0.6) is 0 Å². The zero-order valence-corrected chi connectivity index (χ0v) is 11.4. The minimum atomic E-state index is 0.122. The van der Waals surface area contributed by atoms with E-state index in [9.17, 15) is 0 Å². The molecule has 18 heavy (non-hydrogen) atoms. The second kappa shape index (κ2) is 11.8. The third-order valence-corrected chi connectivity index (χ3v) is 2.98. The van der Waals surface area contributed by atoms with Gasteiger partial charge in [-0.05, 0) is 32.6 Å². The molecule has 0 radical (unpaired) electrons. The Balaban J connectivity index is 4.24. The highest BCUT2D eigenvalue weighted by atomic mass is 16.3.